The molecule has 0 aliphatic rings. The van der Waals surface area contributed by atoms with Gasteiger partial charge in [0.15, 0.2) is 9.84 Å². The van der Waals surface area contributed by atoms with Crippen LogP contribution >= 0.6 is 23.2 Å². The summed E-state index contributed by atoms with van der Waals surface area (Å²) in [7, 11) is -3.43. The second-order valence-corrected chi connectivity index (χ2v) is 9.11. The van der Waals surface area contributed by atoms with Gasteiger partial charge in [0, 0.05) is 11.8 Å². The number of allylic oxidation sites excluding steroid dienone is 1. The number of nitrogens with zero attached hydrogens (tertiary/aromatic N) is 3. The van der Waals surface area contributed by atoms with Crippen molar-refractivity contribution in [3.05, 3.63) is 82.4 Å². The van der Waals surface area contributed by atoms with Gasteiger partial charge in [-0.3, -0.25) is 0 Å². The Hall–Kier alpha value is -3.14. The van der Waals surface area contributed by atoms with E-state index in [2.05, 4.69) is 21.7 Å². The summed E-state index contributed by atoms with van der Waals surface area (Å²) in [6.45, 7) is 3.35. The molecule has 0 bridgehead atoms. The van der Waals surface area contributed by atoms with Gasteiger partial charge >= 0.3 is 0 Å². The van der Waals surface area contributed by atoms with E-state index in [1.807, 2.05) is 0 Å². The highest BCUT2D eigenvalue weighted by Gasteiger charge is 2.21. The molecule has 3 rings (SSSR count). The van der Waals surface area contributed by atoms with Crippen molar-refractivity contribution in [1.29, 1.82) is 0 Å². The number of halogens is 2. The lowest BCUT2D eigenvalue weighted by Crippen LogP contribution is -2.12. The number of nitrogens with two attached hydrogens (primary N) is 1. The molecule has 0 spiro atoms. The van der Waals surface area contributed by atoms with Crippen LogP contribution in [0.4, 0.5) is 5.69 Å². The first kappa shape index (κ1) is 22.5. The van der Waals surface area contributed by atoms with Gasteiger partial charge in [-0.2, -0.15) is 4.98 Å². The standard InChI is InChI=1S/C20H16Cl2N4O4S/c1-11(27)17(23)16(22)18(24-15-9-4-3-8-14(15)21)19-25-20(30-26-19)12-6-5-7-13(10-12)31(2,28)29/h3-10,27H,1,23H2,2H3. The molecule has 1 aromatic heterocycles. The number of aliphatic hydroxyl groups excluding tert-OH is 1. The molecule has 31 heavy (non-hydrogen) atoms. The van der Waals surface area contributed by atoms with E-state index in [0.717, 1.165) is 6.26 Å². The highest BCUT2D eigenvalue weighted by atomic mass is 35.5. The molecule has 0 unspecified atom stereocenters. The number of rotatable bonds is 6. The molecule has 3 aromatic rings. The SMILES string of the molecule is C=C(O)C(N)=C(Cl)C(=Nc1ccccc1Cl)c1noc(-c2cccc(S(C)(=O)=O)c2)n1. The van der Waals surface area contributed by atoms with E-state index in [1.165, 1.54) is 12.1 Å². The predicted octanol–water partition coefficient (Wildman–Crippen LogP) is 4.40. The first-order chi connectivity index (χ1) is 14.6. The number of aromatic nitrogens is 2. The van der Waals surface area contributed by atoms with Gasteiger partial charge in [0.25, 0.3) is 5.89 Å². The van der Waals surface area contributed by atoms with Gasteiger partial charge in [0.1, 0.15) is 11.5 Å². The third-order valence-corrected chi connectivity index (χ3v) is 5.80. The molecular formula is C20H16Cl2N4O4S. The summed E-state index contributed by atoms with van der Waals surface area (Å²) in [4.78, 5) is 8.73. The van der Waals surface area contributed by atoms with Gasteiger partial charge in [-0.25, -0.2) is 13.4 Å². The number of benzene rings is 2. The van der Waals surface area contributed by atoms with Crippen LogP contribution in [0.15, 0.2) is 86.0 Å². The fraction of sp³-hybridized carbons (Fsp3) is 0.0500. The van der Waals surface area contributed by atoms with Crippen molar-refractivity contribution >= 4 is 44.4 Å². The highest BCUT2D eigenvalue weighted by Crippen LogP contribution is 2.28. The maximum absolute atomic E-state index is 11.8. The number of sulfone groups is 1. The second-order valence-electron chi connectivity index (χ2n) is 6.31. The van der Waals surface area contributed by atoms with Crippen molar-refractivity contribution in [2.24, 2.45) is 10.7 Å². The zero-order valence-corrected chi connectivity index (χ0v) is 18.4. The van der Waals surface area contributed by atoms with Crippen LogP contribution in [0.3, 0.4) is 0 Å². The predicted molar refractivity (Wildman–Crippen MR) is 119 cm³/mol. The van der Waals surface area contributed by atoms with E-state index in [9.17, 15) is 13.5 Å². The topological polar surface area (TPSA) is 132 Å². The molecule has 1 heterocycles. The highest BCUT2D eigenvalue weighted by molar-refractivity contribution is 7.90. The third-order valence-electron chi connectivity index (χ3n) is 3.99. The Kier molecular flexibility index (Phi) is 6.49. The molecule has 0 aliphatic carbocycles. The molecule has 160 valence electrons. The van der Waals surface area contributed by atoms with Crippen molar-refractivity contribution in [2.75, 3.05) is 6.26 Å². The quantitative estimate of drug-likeness (QED) is 0.304. The van der Waals surface area contributed by atoms with E-state index in [-0.39, 0.29) is 33.1 Å². The molecule has 0 amide bonds. The van der Waals surface area contributed by atoms with Crippen LogP contribution in [0, 0.1) is 0 Å². The van der Waals surface area contributed by atoms with E-state index in [0.29, 0.717) is 16.3 Å². The molecule has 3 N–H and O–H groups in total. The average molecular weight is 479 g/mol. The largest absolute Gasteiger partial charge is 0.506 e. The lowest BCUT2D eigenvalue weighted by Gasteiger charge is -2.06. The van der Waals surface area contributed by atoms with Crippen LogP contribution in [0.25, 0.3) is 11.5 Å². The minimum absolute atomic E-state index is 0.0261. The van der Waals surface area contributed by atoms with Crippen LogP contribution in [0.5, 0.6) is 0 Å². The number of hydrogen-bond acceptors (Lipinski definition) is 8. The summed E-state index contributed by atoms with van der Waals surface area (Å²) < 4.78 is 28.9. The Balaban J connectivity index is 2.15. The zero-order chi connectivity index (χ0) is 22.8. The van der Waals surface area contributed by atoms with E-state index < -0.39 is 15.6 Å². The van der Waals surface area contributed by atoms with Gasteiger partial charge in [-0.15, -0.1) is 0 Å². The Morgan fingerprint density at radius 3 is 2.58 bits per heavy atom. The number of aliphatic imine (C=N–C) groups is 1. The van der Waals surface area contributed by atoms with Gasteiger partial charge < -0.3 is 15.4 Å². The number of aliphatic hydroxyl groups is 1. The van der Waals surface area contributed by atoms with E-state index in [1.54, 1.807) is 36.4 Å². The molecular weight excluding hydrogens is 463 g/mol. The molecule has 0 aliphatic heterocycles. The molecule has 8 nitrogen and oxygen atoms in total. The monoisotopic (exact) mass is 478 g/mol. The van der Waals surface area contributed by atoms with Gasteiger partial charge in [0.05, 0.1) is 26.3 Å². The molecule has 0 saturated carbocycles. The molecule has 0 fully saturated rings. The normalized spacial score (nSPS) is 13.1. The van der Waals surface area contributed by atoms with Crippen LogP contribution in [0.2, 0.25) is 5.02 Å². The summed E-state index contributed by atoms with van der Waals surface area (Å²) in [5.74, 6) is -0.506. The summed E-state index contributed by atoms with van der Waals surface area (Å²) in [6.07, 6.45) is 1.09. The summed E-state index contributed by atoms with van der Waals surface area (Å²) in [5.41, 5.74) is 6.26. The molecule has 0 atom stereocenters. The van der Waals surface area contributed by atoms with E-state index >= 15 is 0 Å². The van der Waals surface area contributed by atoms with Crippen molar-refractivity contribution in [2.45, 2.75) is 4.90 Å². The Bertz CT molecular complexity index is 1330. The van der Waals surface area contributed by atoms with Crippen LogP contribution in [0.1, 0.15) is 5.82 Å². The Morgan fingerprint density at radius 1 is 1.23 bits per heavy atom. The van der Waals surface area contributed by atoms with Gasteiger partial charge in [-0.05, 0) is 30.3 Å². The smallest absolute Gasteiger partial charge is 0.258 e. The van der Waals surface area contributed by atoms with Crippen molar-refractivity contribution in [1.82, 2.24) is 10.1 Å². The van der Waals surface area contributed by atoms with Gasteiger partial charge in [0.2, 0.25) is 5.82 Å². The maximum Gasteiger partial charge on any atom is 0.258 e. The maximum atomic E-state index is 11.8. The average Bonchev–Trinajstić information content (AvgIpc) is 3.21. The first-order valence-corrected chi connectivity index (χ1v) is 11.2. The first-order valence-electron chi connectivity index (χ1n) is 8.59. The van der Waals surface area contributed by atoms with Crippen LogP contribution in [-0.4, -0.2) is 35.6 Å². The lowest BCUT2D eigenvalue weighted by molar-refractivity contribution is 0.424. The van der Waals surface area contributed by atoms with Crippen molar-refractivity contribution in [3.63, 3.8) is 0 Å². The molecule has 11 heteroatoms. The Labute approximate surface area is 188 Å². The fourth-order valence-corrected chi connectivity index (χ4v) is 3.49. The zero-order valence-electron chi connectivity index (χ0n) is 16.1. The number of hydrogen-bond donors (Lipinski definition) is 2. The Morgan fingerprint density at radius 2 is 1.94 bits per heavy atom. The summed E-state index contributed by atoms with van der Waals surface area (Å²) in [6, 6.07) is 12.7. The lowest BCUT2D eigenvalue weighted by atomic mass is 10.2. The minimum Gasteiger partial charge on any atom is -0.506 e. The van der Waals surface area contributed by atoms with Crippen LogP contribution in [-0.2, 0) is 9.84 Å². The van der Waals surface area contributed by atoms with Crippen molar-refractivity contribution < 1.29 is 18.0 Å². The fourth-order valence-electron chi connectivity index (χ4n) is 2.41. The molecule has 0 saturated heterocycles. The molecule has 2 aromatic carbocycles. The summed E-state index contributed by atoms with van der Waals surface area (Å²) in [5, 5.41) is 13.7. The summed E-state index contributed by atoms with van der Waals surface area (Å²) >= 11 is 12.5. The minimum atomic E-state index is -3.43. The number of para-hydroxylation sites is 1. The molecule has 0 radical (unpaired) electrons. The van der Waals surface area contributed by atoms with Crippen molar-refractivity contribution in [3.8, 4) is 11.5 Å². The van der Waals surface area contributed by atoms with Gasteiger partial charge in [-0.1, -0.05) is 53.1 Å². The second kappa shape index (κ2) is 8.93. The third kappa shape index (κ3) is 5.13. The van der Waals surface area contributed by atoms with Crippen LogP contribution < -0.4 is 5.73 Å². The van der Waals surface area contributed by atoms with E-state index in [4.69, 9.17) is 33.5 Å².